The number of sulfone groups is 1. The molecule has 1 heterocycles. The quantitative estimate of drug-likeness (QED) is 0.153. The highest BCUT2D eigenvalue weighted by Crippen LogP contribution is 2.65. The number of piperidine rings is 1. The maximum atomic E-state index is 14.6. The van der Waals surface area contributed by atoms with Crippen molar-refractivity contribution in [2.45, 2.75) is 153 Å². The monoisotopic (exact) mass is 745 g/mol. The van der Waals surface area contributed by atoms with Crippen LogP contribution in [0.25, 0.3) is 0 Å². The number of carbonyl (C=O) groups excluding carboxylic acids is 5. The molecule has 0 aromatic carbocycles. The molecule has 5 unspecified atom stereocenters. The van der Waals surface area contributed by atoms with Gasteiger partial charge in [0.2, 0.25) is 17.6 Å². The van der Waals surface area contributed by atoms with Crippen LogP contribution in [-0.2, 0) is 29.0 Å². The second-order valence-corrected chi connectivity index (χ2v) is 21.0. The van der Waals surface area contributed by atoms with E-state index in [1.54, 1.807) is 4.90 Å². The molecule has 1 aliphatic heterocycles. The van der Waals surface area contributed by atoms with Gasteiger partial charge in [-0.1, -0.05) is 92.1 Å². The number of hydrogen-bond donors (Lipinski definition) is 4. The van der Waals surface area contributed by atoms with Gasteiger partial charge in [-0.2, -0.15) is 0 Å². The summed E-state index contributed by atoms with van der Waals surface area (Å²) in [4.78, 5) is 70.1. The van der Waals surface area contributed by atoms with Crippen molar-refractivity contribution in [1.82, 2.24) is 26.2 Å². The number of hydrogen-bond acceptors (Lipinski definition) is 7. The molecule has 5 fully saturated rings. The van der Waals surface area contributed by atoms with Crippen molar-refractivity contribution in [2.24, 2.45) is 28.6 Å². The summed E-state index contributed by atoms with van der Waals surface area (Å²) in [5, 5.41) is 11.4. The lowest BCUT2D eigenvalue weighted by Crippen LogP contribution is -2.64. The molecule has 0 spiro atoms. The molecule has 5 atom stereocenters. The maximum absolute atomic E-state index is 14.6. The van der Waals surface area contributed by atoms with E-state index in [9.17, 15) is 32.4 Å². The Bertz CT molecular complexity index is 1520. The molecule has 0 aromatic heterocycles. The molecule has 13 heteroatoms. The summed E-state index contributed by atoms with van der Waals surface area (Å²) in [6.07, 6.45) is 11.4. The van der Waals surface area contributed by atoms with Crippen molar-refractivity contribution in [3.05, 3.63) is 12.7 Å². The van der Waals surface area contributed by atoms with Crippen LogP contribution < -0.4 is 21.3 Å². The first kappa shape index (κ1) is 40.2. The molecule has 0 radical (unpaired) electrons. The minimum absolute atomic E-state index is 0.0620. The smallest absolute Gasteiger partial charge is 0.315 e. The number of rotatable bonds is 14. The highest BCUT2D eigenvalue weighted by atomic mass is 32.2. The fourth-order valence-electron chi connectivity index (χ4n) is 9.30. The van der Waals surface area contributed by atoms with Crippen LogP contribution in [0.2, 0.25) is 0 Å². The van der Waals surface area contributed by atoms with Gasteiger partial charge in [-0.15, -0.1) is 6.58 Å². The van der Waals surface area contributed by atoms with Gasteiger partial charge in [-0.05, 0) is 67.6 Å². The molecule has 292 valence electrons. The summed E-state index contributed by atoms with van der Waals surface area (Å²) in [5.41, 5.74) is -1.89. The summed E-state index contributed by atoms with van der Waals surface area (Å²) in [7, 11) is -3.55. The highest BCUT2D eigenvalue weighted by Gasteiger charge is 2.70. The maximum Gasteiger partial charge on any atom is 0.315 e. The van der Waals surface area contributed by atoms with Crippen LogP contribution in [0.5, 0.6) is 0 Å². The van der Waals surface area contributed by atoms with Crippen LogP contribution >= 0.6 is 0 Å². The number of amides is 5. The van der Waals surface area contributed by atoms with E-state index < -0.39 is 73.2 Å². The molecule has 52 heavy (non-hydrogen) atoms. The van der Waals surface area contributed by atoms with Crippen LogP contribution in [0.15, 0.2) is 12.7 Å². The Kier molecular flexibility index (Phi) is 11.6. The number of likely N-dealkylation sites (tertiary alicyclic amines) is 1. The summed E-state index contributed by atoms with van der Waals surface area (Å²) in [6.45, 7) is 15.6. The normalized spacial score (nSPS) is 27.3. The van der Waals surface area contributed by atoms with E-state index in [1.807, 2.05) is 27.7 Å². The van der Waals surface area contributed by atoms with Crippen molar-refractivity contribution in [1.29, 1.82) is 0 Å². The fraction of sp³-hybridized carbons (Fsp3) is 0.821. The van der Waals surface area contributed by atoms with E-state index in [0.717, 1.165) is 51.4 Å². The Hall–Kier alpha value is -2.96. The van der Waals surface area contributed by atoms with Gasteiger partial charge in [0, 0.05) is 13.1 Å². The standard InChI is InChI=1S/C39H63N5O7S/c1-8-21-40-33(47)30(45)27(22-25-15-16-25)41-32(46)29-28-26(37(28,5)6)23-44(29)34(48)31(36(2,3)4)42-35(49)43-39(19-13-10-14-20-39)24-52(50,51)38(7)17-11-9-12-18-38/h8,25-29,31H,1,9-24H2,2-7H3,(H,40,47)(H,41,46)(H2,42,43,49). The van der Waals surface area contributed by atoms with E-state index in [4.69, 9.17) is 0 Å². The Balaban J connectivity index is 1.34. The lowest BCUT2D eigenvalue weighted by molar-refractivity contribution is -0.145. The number of carbonyl (C=O) groups is 5. The van der Waals surface area contributed by atoms with Crippen molar-refractivity contribution in [3.8, 4) is 0 Å². The second kappa shape index (κ2) is 15.1. The molecule has 4 aliphatic carbocycles. The molecule has 0 aromatic rings. The SMILES string of the molecule is C=CCNC(=O)C(=O)C(CC1CC1)NC(=O)C1C2C(CN1C(=O)C(NC(=O)NC1(CS(=O)(=O)C3(C)CCCCC3)CCCCC1)C(C)(C)C)C2(C)C. The Morgan fingerprint density at radius 3 is 2.06 bits per heavy atom. The summed E-state index contributed by atoms with van der Waals surface area (Å²) in [6, 6.07) is -3.50. The topological polar surface area (TPSA) is 171 Å². The van der Waals surface area contributed by atoms with E-state index in [2.05, 4.69) is 41.7 Å². The number of Topliss-reactive ketones (excluding diaryl/α,β-unsaturated/α-hetero) is 1. The average Bonchev–Trinajstić information content (AvgIpc) is 3.92. The summed E-state index contributed by atoms with van der Waals surface area (Å²) < 4.78 is 27.1. The summed E-state index contributed by atoms with van der Waals surface area (Å²) in [5.74, 6) is -2.34. The zero-order chi connectivity index (χ0) is 38.3. The van der Waals surface area contributed by atoms with E-state index >= 15 is 0 Å². The largest absolute Gasteiger partial charge is 0.346 e. The molecule has 5 rings (SSSR count). The van der Waals surface area contributed by atoms with Crippen LogP contribution in [0.1, 0.15) is 125 Å². The highest BCUT2D eigenvalue weighted by molar-refractivity contribution is 7.92. The predicted octanol–water partition coefficient (Wildman–Crippen LogP) is 4.18. The van der Waals surface area contributed by atoms with Crippen LogP contribution in [0.3, 0.4) is 0 Å². The minimum atomic E-state index is -3.55. The van der Waals surface area contributed by atoms with Crippen molar-refractivity contribution >= 4 is 39.4 Å². The first-order valence-corrected chi connectivity index (χ1v) is 21.3. The lowest BCUT2D eigenvalue weighted by Gasteiger charge is -2.43. The second-order valence-electron chi connectivity index (χ2n) is 18.5. The van der Waals surface area contributed by atoms with Crippen LogP contribution in [0, 0.1) is 28.6 Å². The van der Waals surface area contributed by atoms with Gasteiger partial charge in [-0.3, -0.25) is 19.2 Å². The number of urea groups is 1. The molecule has 5 amide bonds. The fourth-order valence-corrected chi connectivity index (χ4v) is 11.7. The van der Waals surface area contributed by atoms with Crippen molar-refractivity contribution in [3.63, 3.8) is 0 Å². The molecular weight excluding hydrogens is 683 g/mol. The predicted molar refractivity (Wildman–Crippen MR) is 200 cm³/mol. The van der Waals surface area contributed by atoms with E-state index in [1.165, 1.54) is 6.08 Å². The Morgan fingerprint density at radius 2 is 1.50 bits per heavy atom. The van der Waals surface area contributed by atoms with Crippen LogP contribution in [-0.4, -0.2) is 90.1 Å². The molecule has 4 saturated carbocycles. The van der Waals surface area contributed by atoms with Gasteiger partial charge in [0.15, 0.2) is 9.84 Å². The van der Waals surface area contributed by atoms with Gasteiger partial charge < -0.3 is 26.2 Å². The van der Waals surface area contributed by atoms with E-state index in [0.29, 0.717) is 38.6 Å². The molecular formula is C39H63N5O7S. The Labute approximate surface area is 310 Å². The third kappa shape index (κ3) is 8.54. The number of nitrogens with zero attached hydrogens (tertiary/aromatic N) is 1. The average molecular weight is 746 g/mol. The number of ketones is 1. The molecule has 12 nitrogen and oxygen atoms in total. The lowest BCUT2D eigenvalue weighted by atomic mass is 9.83. The minimum Gasteiger partial charge on any atom is -0.346 e. The van der Waals surface area contributed by atoms with Gasteiger partial charge in [0.05, 0.1) is 22.1 Å². The zero-order valence-corrected chi connectivity index (χ0v) is 33.1. The van der Waals surface area contributed by atoms with Gasteiger partial charge in [0.25, 0.3) is 5.91 Å². The molecule has 0 bridgehead atoms. The van der Waals surface area contributed by atoms with Gasteiger partial charge >= 0.3 is 6.03 Å². The molecule has 4 N–H and O–H groups in total. The number of fused-ring (bicyclic) bond motifs is 1. The Morgan fingerprint density at radius 1 is 0.904 bits per heavy atom. The zero-order valence-electron chi connectivity index (χ0n) is 32.3. The third-order valence-corrected chi connectivity index (χ3v) is 15.8. The summed E-state index contributed by atoms with van der Waals surface area (Å²) >= 11 is 0. The molecule has 1 saturated heterocycles. The number of nitrogens with one attached hydrogen (secondary N) is 4. The van der Waals surface area contributed by atoms with E-state index in [-0.39, 0.29) is 35.5 Å². The van der Waals surface area contributed by atoms with Gasteiger partial charge in [-0.25, -0.2) is 13.2 Å². The van der Waals surface area contributed by atoms with Crippen molar-refractivity contribution < 1.29 is 32.4 Å². The molecule has 5 aliphatic rings. The first-order chi connectivity index (χ1) is 24.3. The van der Waals surface area contributed by atoms with Crippen LogP contribution in [0.4, 0.5) is 4.79 Å². The van der Waals surface area contributed by atoms with Gasteiger partial charge in [0.1, 0.15) is 12.1 Å². The van der Waals surface area contributed by atoms with Crippen molar-refractivity contribution in [2.75, 3.05) is 18.8 Å². The third-order valence-electron chi connectivity index (χ3n) is 13.0. The first-order valence-electron chi connectivity index (χ1n) is 19.6.